The van der Waals surface area contributed by atoms with Crippen LogP contribution in [0.1, 0.15) is 39.6 Å². The van der Waals surface area contributed by atoms with E-state index in [4.69, 9.17) is 4.74 Å². The third-order valence-corrected chi connectivity index (χ3v) is 14.6. The predicted molar refractivity (Wildman–Crippen MR) is 258 cm³/mol. The lowest BCUT2D eigenvalue weighted by Gasteiger charge is -2.45. The fraction of sp³-hybridized carbons (Fsp3) is 0.0508. The van der Waals surface area contributed by atoms with Crippen LogP contribution in [-0.4, -0.2) is 13.7 Å². The Hall–Kier alpha value is -8.08. The highest BCUT2D eigenvalue weighted by Crippen LogP contribution is 2.61. The summed E-state index contributed by atoms with van der Waals surface area (Å²) >= 11 is 0. The molecular formula is C59H37N3O. The molecule has 5 heterocycles. The molecule has 0 saturated heterocycles. The van der Waals surface area contributed by atoms with Crippen molar-refractivity contribution in [2.75, 3.05) is 0 Å². The number of hydrogen-bond donors (Lipinski definition) is 0. The van der Waals surface area contributed by atoms with E-state index in [0.29, 0.717) is 0 Å². The van der Waals surface area contributed by atoms with Gasteiger partial charge in [0.25, 0.3) is 0 Å². The van der Waals surface area contributed by atoms with Crippen LogP contribution in [0, 0.1) is 0 Å². The Morgan fingerprint density at radius 2 is 1.11 bits per heavy atom. The first-order valence-corrected chi connectivity index (χ1v) is 22.0. The number of ether oxygens (including phenoxy) is 1. The number of allylic oxidation sites excluding steroid dienone is 1. The molecule has 0 fully saturated rings. The number of nitrogens with zero attached hydrogens (tertiary/aromatic N) is 3. The fourth-order valence-corrected chi connectivity index (χ4v) is 12.1. The zero-order chi connectivity index (χ0) is 41.0. The van der Waals surface area contributed by atoms with Gasteiger partial charge >= 0.3 is 0 Å². The van der Waals surface area contributed by atoms with Crippen molar-refractivity contribution in [1.82, 2.24) is 13.7 Å². The van der Waals surface area contributed by atoms with Crippen molar-refractivity contribution in [1.29, 1.82) is 0 Å². The molecule has 4 heteroatoms. The van der Waals surface area contributed by atoms with Crippen molar-refractivity contribution in [2.24, 2.45) is 0 Å². The highest BCUT2D eigenvalue weighted by atomic mass is 16.5. The standard InChI is InChI=1S/C59H37N3O/c1-2-15-37-32-38(29-28-36(37)14-1)60-50-23-8-4-17-41(50)44-33-39(30-31-53(44)60)61-51-24-9-5-18-42(51)45-34-57-49(35-55(45)61)59(47-21-7-12-27-56(47)63-57)46-20-6-11-26-54(46)62-52-25-10-3-16-40(52)43-19-13-22-48(59)58(43)62/h1-32,34-35,39H,33H2. The van der Waals surface area contributed by atoms with Gasteiger partial charge < -0.3 is 18.4 Å². The van der Waals surface area contributed by atoms with Gasteiger partial charge in [-0.15, -0.1) is 0 Å². The molecule has 15 rings (SSSR count). The van der Waals surface area contributed by atoms with Crippen LogP contribution in [0.5, 0.6) is 11.5 Å². The summed E-state index contributed by atoms with van der Waals surface area (Å²) in [5.41, 5.74) is 15.4. The van der Waals surface area contributed by atoms with E-state index < -0.39 is 5.41 Å². The summed E-state index contributed by atoms with van der Waals surface area (Å²) in [6.07, 6.45) is 5.70. The largest absolute Gasteiger partial charge is 0.457 e. The molecule has 2 atom stereocenters. The Labute approximate surface area is 362 Å². The summed E-state index contributed by atoms with van der Waals surface area (Å²) in [7, 11) is 0. The van der Waals surface area contributed by atoms with Gasteiger partial charge in [0, 0.05) is 55.0 Å². The molecule has 1 aliphatic carbocycles. The number of para-hydroxylation sites is 6. The molecule has 3 aromatic heterocycles. The molecule has 0 radical (unpaired) electrons. The van der Waals surface area contributed by atoms with Crippen LogP contribution in [-0.2, 0) is 11.8 Å². The molecule has 3 aliphatic rings. The first-order chi connectivity index (χ1) is 31.3. The molecule has 2 unspecified atom stereocenters. The van der Waals surface area contributed by atoms with Gasteiger partial charge in [-0.05, 0) is 94.6 Å². The van der Waals surface area contributed by atoms with Gasteiger partial charge in [-0.1, -0.05) is 146 Å². The van der Waals surface area contributed by atoms with E-state index in [9.17, 15) is 0 Å². The molecule has 0 amide bonds. The maximum Gasteiger partial charge on any atom is 0.133 e. The molecular weight excluding hydrogens is 767 g/mol. The zero-order valence-corrected chi connectivity index (χ0v) is 34.2. The van der Waals surface area contributed by atoms with Crippen LogP contribution in [0.25, 0.3) is 82.7 Å². The molecule has 0 bridgehead atoms. The van der Waals surface area contributed by atoms with Crippen molar-refractivity contribution in [3.05, 3.63) is 234 Å². The molecule has 0 saturated carbocycles. The number of benzene rings is 9. The lowest BCUT2D eigenvalue weighted by molar-refractivity contribution is 0.434. The second kappa shape index (κ2) is 12.1. The Kier molecular flexibility index (Phi) is 6.43. The maximum atomic E-state index is 7.11. The predicted octanol–water partition coefficient (Wildman–Crippen LogP) is 14.6. The summed E-state index contributed by atoms with van der Waals surface area (Å²) < 4.78 is 14.7. The Bertz CT molecular complexity index is 4010. The normalized spacial score (nSPS) is 17.1. The highest BCUT2D eigenvalue weighted by molar-refractivity contribution is 6.13. The lowest BCUT2D eigenvalue weighted by atomic mass is 9.61. The first kappa shape index (κ1) is 33.6. The summed E-state index contributed by atoms with van der Waals surface area (Å²) in [6.45, 7) is 0. The van der Waals surface area contributed by atoms with Crippen molar-refractivity contribution in [3.8, 4) is 22.9 Å². The summed E-state index contributed by atoms with van der Waals surface area (Å²) in [6, 6.07) is 71.9. The van der Waals surface area contributed by atoms with E-state index in [1.165, 1.54) is 110 Å². The number of rotatable bonds is 2. The summed E-state index contributed by atoms with van der Waals surface area (Å²) in [4.78, 5) is 0. The van der Waals surface area contributed by atoms with E-state index in [1.54, 1.807) is 0 Å². The summed E-state index contributed by atoms with van der Waals surface area (Å²) in [5, 5.41) is 8.77. The van der Waals surface area contributed by atoms with Crippen molar-refractivity contribution in [2.45, 2.75) is 17.9 Å². The minimum Gasteiger partial charge on any atom is -0.457 e. The van der Waals surface area contributed by atoms with Crippen LogP contribution in [0.15, 0.2) is 200 Å². The Morgan fingerprint density at radius 3 is 1.98 bits per heavy atom. The minimum absolute atomic E-state index is 0.0751. The van der Waals surface area contributed by atoms with E-state index >= 15 is 0 Å². The van der Waals surface area contributed by atoms with E-state index in [1.807, 2.05) is 0 Å². The van der Waals surface area contributed by atoms with Crippen molar-refractivity contribution < 1.29 is 4.74 Å². The molecule has 0 N–H and O–H groups in total. The van der Waals surface area contributed by atoms with Crippen molar-refractivity contribution >= 4 is 71.4 Å². The van der Waals surface area contributed by atoms with Gasteiger partial charge in [0.15, 0.2) is 0 Å². The van der Waals surface area contributed by atoms with Gasteiger partial charge in [-0.25, -0.2) is 0 Å². The minimum atomic E-state index is -0.650. The van der Waals surface area contributed by atoms with Crippen LogP contribution < -0.4 is 4.74 Å². The molecule has 9 aromatic carbocycles. The Balaban J connectivity index is 1.00. The average molecular weight is 804 g/mol. The van der Waals surface area contributed by atoms with Crippen LogP contribution in [0.4, 0.5) is 0 Å². The van der Waals surface area contributed by atoms with Gasteiger partial charge in [0.1, 0.15) is 11.5 Å². The van der Waals surface area contributed by atoms with Crippen molar-refractivity contribution in [3.63, 3.8) is 0 Å². The average Bonchev–Trinajstić information content (AvgIpc) is 3.98. The zero-order valence-electron chi connectivity index (χ0n) is 34.2. The molecule has 63 heavy (non-hydrogen) atoms. The number of hydrogen-bond acceptors (Lipinski definition) is 1. The molecule has 4 nitrogen and oxygen atoms in total. The number of fused-ring (bicyclic) bond motifs is 18. The SMILES string of the molecule is C1=CC(n2c3ccccc3c3cc4c(cc32)C2(c3ccccc3O4)c3ccccc3-n3c4ccccc4c4cccc2c43)Cc2c1n(-c1ccc3ccccc3c1)c1ccccc21. The van der Waals surface area contributed by atoms with E-state index in [-0.39, 0.29) is 6.04 Å². The summed E-state index contributed by atoms with van der Waals surface area (Å²) in [5.74, 6) is 1.80. The van der Waals surface area contributed by atoms with Gasteiger partial charge in [-0.3, -0.25) is 0 Å². The third-order valence-electron chi connectivity index (χ3n) is 14.6. The van der Waals surface area contributed by atoms with Gasteiger partial charge in [0.05, 0.1) is 39.2 Å². The second-order valence-corrected chi connectivity index (χ2v) is 17.6. The van der Waals surface area contributed by atoms with Crippen LogP contribution >= 0.6 is 0 Å². The number of aromatic nitrogens is 3. The lowest BCUT2D eigenvalue weighted by Crippen LogP contribution is -2.37. The second-order valence-electron chi connectivity index (χ2n) is 17.6. The third kappa shape index (κ3) is 4.21. The smallest absolute Gasteiger partial charge is 0.133 e. The Morgan fingerprint density at radius 1 is 0.444 bits per heavy atom. The maximum absolute atomic E-state index is 7.11. The van der Waals surface area contributed by atoms with Gasteiger partial charge in [0.2, 0.25) is 0 Å². The van der Waals surface area contributed by atoms with E-state index in [2.05, 4.69) is 220 Å². The first-order valence-electron chi connectivity index (χ1n) is 22.0. The topological polar surface area (TPSA) is 24.0 Å². The molecule has 1 spiro atoms. The van der Waals surface area contributed by atoms with Crippen LogP contribution in [0.2, 0.25) is 0 Å². The quantitative estimate of drug-likeness (QED) is 0.171. The monoisotopic (exact) mass is 803 g/mol. The molecule has 2 aliphatic heterocycles. The highest BCUT2D eigenvalue weighted by Gasteiger charge is 2.50. The van der Waals surface area contributed by atoms with E-state index in [0.717, 1.165) is 17.9 Å². The molecule has 294 valence electrons. The molecule has 12 aromatic rings. The fourth-order valence-electron chi connectivity index (χ4n) is 12.1. The van der Waals surface area contributed by atoms with Crippen LogP contribution in [0.3, 0.4) is 0 Å². The van der Waals surface area contributed by atoms with Gasteiger partial charge in [-0.2, -0.15) is 0 Å².